The van der Waals surface area contributed by atoms with Gasteiger partial charge in [-0.3, -0.25) is 4.99 Å². The smallest absolute Gasteiger partial charge is 0.336 e. The summed E-state index contributed by atoms with van der Waals surface area (Å²) in [6.45, 7) is 6.76. The number of ether oxygens (including phenoxy) is 1. The fourth-order valence-corrected chi connectivity index (χ4v) is 1.60. The summed E-state index contributed by atoms with van der Waals surface area (Å²) >= 11 is 0. The van der Waals surface area contributed by atoms with Gasteiger partial charge in [-0.1, -0.05) is 13.3 Å². The van der Waals surface area contributed by atoms with Crippen molar-refractivity contribution in [3.63, 3.8) is 0 Å². The van der Waals surface area contributed by atoms with Crippen LogP contribution in [0.15, 0.2) is 4.99 Å². The minimum atomic E-state index is 0.0918. The fourth-order valence-electron chi connectivity index (χ4n) is 1.60. The molecule has 0 aromatic carbocycles. The van der Waals surface area contributed by atoms with Gasteiger partial charge in [-0.2, -0.15) is 4.98 Å². The third-order valence-electron chi connectivity index (χ3n) is 2.41. The van der Waals surface area contributed by atoms with Crippen molar-refractivity contribution < 1.29 is 4.74 Å². The summed E-state index contributed by atoms with van der Waals surface area (Å²) in [7, 11) is 1.67. The Hall–Kier alpha value is -1.59. The Balaban J connectivity index is 3.00. The van der Waals surface area contributed by atoms with E-state index in [1.54, 1.807) is 11.7 Å². The van der Waals surface area contributed by atoms with E-state index in [9.17, 15) is 0 Å². The van der Waals surface area contributed by atoms with E-state index in [2.05, 4.69) is 22.0 Å². The molecule has 0 saturated carbocycles. The molecule has 1 aromatic heterocycles. The third-order valence-corrected chi connectivity index (χ3v) is 2.41. The topological polar surface area (TPSA) is 78.3 Å². The molecular weight excluding hydrogens is 218 g/mol. The normalized spacial score (nSPS) is 13.8. The largest absolute Gasteiger partial charge is 0.459 e. The van der Waals surface area contributed by atoms with Crippen LogP contribution < -0.4 is 16.0 Å². The van der Waals surface area contributed by atoms with Gasteiger partial charge in [-0.15, -0.1) is 5.10 Å². The van der Waals surface area contributed by atoms with E-state index in [0.29, 0.717) is 23.9 Å². The number of nitrogens with zero attached hydrogens (tertiary/aromatic N) is 4. The van der Waals surface area contributed by atoms with E-state index in [-0.39, 0.29) is 6.10 Å². The van der Waals surface area contributed by atoms with Crippen LogP contribution in [0.4, 0.5) is 5.82 Å². The molecule has 6 nitrogen and oxygen atoms in total. The Bertz CT molecular complexity index is 426. The zero-order chi connectivity index (χ0) is 12.8. The molecule has 17 heavy (non-hydrogen) atoms. The van der Waals surface area contributed by atoms with Crippen LogP contribution in [0, 0.1) is 0 Å². The number of rotatable bonds is 5. The number of nitrogens with two attached hydrogens (primary N) is 1. The van der Waals surface area contributed by atoms with Gasteiger partial charge in [0, 0.05) is 13.6 Å². The van der Waals surface area contributed by atoms with E-state index < -0.39 is 0 Å². The lowest BCUT2D eigenvalue weighted by Gasteiger charge is -2.13. The molecule has 1 heterocycles. The molecule has 0 aliphatic rings. The molecule has 1 atom stereocenters. The monoisotopic (exact) mass is 239 g/mol. The van der Waals surface area contributed by atoms with Gasteiger partial charge >= 0.3 is 6.01 Å². The van der Waals surface area contributed by atoms with E-state index in [0.717, 1.165) is 12.8 Å². The van der Waals surface area contributed by atoms with Gasteiger partial charge in [0.25, 0.3) is 0 Å². The molecule has 0 aliphatic heterocycles. The van der Waals surface area contributed by atoms with Crippen molar-refractivity contribution in [1.82, 2.24) is 14.8 Å². The summed E-state index contributed by atoms with van der Waals surface area (Å²) in [6.07, 6.45) is 2.12. The van der Waals surface area contributed by atoms with Crippen LogP contribution in [0.25, 0.3) is 0 Å². The maximum absolute atomic E-state index is 5.81. The molecule has 6 heteroatoms. The zero-order valence-corrected chi connectivity index (χ0v) is 11.0. The molecule has 0 saturated heterocycles. The number of anilines is 1. The van der Waals surface area contributed by atoms with Gasteiger partial charge in [0.05, 0.1) is 6.10 Å². The first-order chi connectivity index (χ1) is 8.12. The summed E-state index contributed by atoms with van der Waals surface area (Å²) in [4.78, 5) is 8.16. The summed E-state index contributed by atoms with van der Waals surface area (Å²) < 4.78 is 7.30. The van der Waals surface area contributed by atoms with Gasteiger partial charge in [0.15, 0.2) is 11.3 Å². The molecule has 1 rings (SSSR count). The Morgan fingerprint density at radius 1 is 1.47 bits per heavy atom. The van der Waals surface area contributed by atoms with Crippen molar-refractivity contribution in [3.05, 3.63) is 5.49 Å². The van der Waals surface area contributed by atoms with Crippen molar-refractivity contribution in [2.45, 2.75) is 46.3 Å². The molecule has 0 unspecified atom stereocenters. The van der Waals surface area contributed by atoms with Crippen LogP contribution in [0.3, 0.4) is 0 Å². The zero-order valence-electron chi connectivity index (χ0n) is 11.0. The number of hydrogen-bond acceptors (Lipinski definition) is 5. The van der Waals surface area contributed by atoms with Crippen LogP contribution in [0.2, 0.25) is 0 Å². The minimum Gasteiger partial charge on any atom is -0.459 e. The first-order valence-electron chi connectivity index (χ1n) is 5.96. The molecule has 96 valence electrons. The standard InChI is InChI=1S/C11H21N5O/c1-5-7-8(3)17-11-14-9(12)10(13-4)16(6-2)15-11/h8H,5-7H2,1-4H3,(H2,12,14,15)/t8-/m0/s1. The van der Waals surface area contributed by atoms with Crippen LogP contribution >= 0.6 is 0 Å². The molecule has 0 aliphatic carbocycles. The lowest BCUT2D eigenvalue weighted by molar-refractivity contribution is 0.186. The maximum Gasteiger partial charge on any atom is 0.336 e. The molecular formula is C11H21N5O. The molecule has 0 bridgehead atoms. The molecule has 2 N–H and O–H groups in total. The number of hydrogen-bond donors (Lipinski definition) is 1. The van der Waals surface area contributed by atoms with Gasteiger partial charge < -0.3 is 10.5 Å². The number of aryl methyl sites for hydroxylation is 1. The number of aromatic nitrogens is 3. The summed E-state index contributed by atoms with van der Waals surface area (Å²) in [5.74, 6) is 0.350. The average Bonchev–Trinajstić information content (AvgIpc) is 2.28. The molecule has 0 amide bonds. The molecule has 0 fully saturated rings. The number of nitrogen functional groups attached to an aromatic ring is 1. The van der Waals surface area contributed by atoms with Crippen LogP contribution in [0.5, 0.6) is 6.01 Å². The SMILES string of the molecule is CCC[C@H](C)Oc1nc(N)c(=NC)n(CC)n1. The average molecular weight is 239 g/mol. The van der Waals surface area contributed by atoms with Gasteiger partial charge in [0.1, 0.15) is 0 Å². The van der Waals surface area contributed by atoms with Gasteiger partial charge in [-0.25, -0.2) is 4.68 Å². The van der Waals surface area contributed by atoms with Crippen molar-refractivity contribution in [3.8, 4) is 6.01 Å². The third kappa shape index (κ3) is 3.44. The van der Waals surface area contributed by atoms with E-state index >= 15 is 0 Å². The van der Waals surface area contributed by atoms with Crippen LogP contribution in [-0.2, 0) is 6.54 Å². The van der Waals surface area contributed by atoms with Crippen LogP contribution in [0.1, 0.15) is 33.6 Å². The molecule has 0 spiro atoms. The van der Waals surface area contributed by atoms with Gasteiger partial charge in [0.2, 0.25) is 0 Å². The molecule has 1 aromatic rings. The van der Waals surface area contributed by atoms with E-state index in [1.165, 1.54) is 0 Å². The lowest BCUT2D eigenvalue weighted by atomic mass is 10.2. The maximum atomic E-state index is 5.81. The Morgan fingerprint density at radius 3 is 2.71 bits per heavy atom. The second-order valence-electron chi connectivity index (χ2n) is 3.86. The van der Waals surface area contributed by atoms with Crippen LogP contribution in [-0.4, -0.2) is 27.9 Å². The van der Waals surface area contributed by atoms with Crippen molar-refractivity contribution in [2.24, 2.45) is 4.99 Å². The second-order valence-corrected chi connectivity index (χ2v) is 3.86. The van der Waals surface area contributed by atoms with Crippen molar-refractivity contribution in [1.29, 1.82) is 0 Å². The Morgan fingerprint density at radius 2 is 2.18 bits per heavy atom. The highest BCUT2D eigenvalue weighted by atomic mass is 16.5. The quantitative estimate of drug-likeness (QED) is 0.830. The van der Waals surface area contributed by atoms with E-state index in [1.807, 2.05) is 13.8 Å². The van der Waals surface area contributed by atoms with Crippen molar-refractivity contribution >= 4 is 5.82 Å². The lowest BCUT2D eigenvalue weighted by Crippen LogP contribution is -2.29. The van der Waals surface area contributed by atoms with E-state index in [4.69, 9.17) is 10.5 Å². The molecule has 0 radical (unpaired) electrons. The Labute approximate surface area is 102 Å². The first-order valence-corrected chi connectivity index (χ1v) is 5.96. The highest BCUT2D eigenvalue weighted by Gasteiger charge is 2.09. The highest BCUT2D eigenvalue weighted by molar-refractivity contribution is 5.23. The summed E-state index contributed by atoms with van der Waals surface area (Å²) in [5, 5.41) is 4.25. The highest BCUT2D eigenvalue weighted by Crippen LogP contribution is 2.07. The minimum absolute atomic E-state index is 0.0918. The van der Waals surface area contributed by atoms with Gasteiger partial charge in [-0.05, 0) is 20.3 Å². The summed E-state index contributed by atoms with van der Waals surface area (Å²) in [5.41, 5.74) is 6.40. The van der Waals surface area contributed by atoms with Crippen molar-refractivity contribution in [2.75, 3.05) is 12.8 Å². The first kappa shape index (κ1) is 13.5. The summed E-state index contributed by atoms with van der Waals surface area (Å²) in [6, 6.07) is 0.317. The second kappa shape index (κ2) is 6.22. The predicted octanol–water partition coefficient (Wildman–Crippen LogP) is 0.978. The Kier molecular flexibility index (Phi) is 4.93. The predicted molar refractivity (Wildman–Crippen MR) is 66.6 cm³/mol. The fraction of sp³-hybridized carbons (Fsp3) is 0.727.